The number of halogens is 4. The highest BCUT2D eigenvalue weighted by molar-refractivity contribution is 6.32. The number of ether oxygens (including phenoxy) is 1. The molecule has 1 aromatic carbocycles. The first-order valence-electron chi connectivity index (χ1n) is 8.90. The fourth-order valence-corrected chi connectivity index (χ4v) is 2.98. The molecule has 30 heavy (non-hydrogen) atoms. The zero-order valence-corrected chi connectivity index (χ0v) is 16.9. The van der Waals surface area contributed by atoms with Crippen molar-refractivity contribution in [2.45, 2.75) is 20.2 Å². The number of nitrogens with zero attached hydrogens (tertiary/aromatic N) is 1. The summed E-state index contributed by atoms with van der Waals surface area (Å²) in [6.45, 7) is 7.46. The molecule has 0 aliphatic rings. The van der Waals surface area contributed by atoms with Gasteiger partial charge in [0.25, 0.3) is 0 Å². The molecular formula is C22H18ClF3N2O2. The molecule has 4 nitrogen and oxygen atoms in total. The maximum atomic E-state index is 12.6. The van der Waals surface area contributed by atoms with Gasteiger partial charge in [-0.25, -0.2) is 4.98 Å². The molecule has 0 aliphatic heterocycles. The van der Waals surface area contributed by atoms with E-state index < -0.39 is 12.1 Å². The predicted octanol–water partition coefficient (Wildman–Crippen LogP) is 7.34. The van der Waals surface area contributed by atoms with Gasteiger partial charge in [0.05, 0.1) is 10.7 Å². The van der Waals surface area contributed by atoms with Gasteiger partial charge in [0.15, 0.2) is 11.6 Å². The Morgan fingerprint density at radius 3 is 2.63 bits per heavy atom. The number of aromatic amines is 1. The van der Waals surface area contributed by atoms with Crippen LogP contribution in [0.1, 0.15) is 18.3 Å². The molecule has 0 radical (unpaired) electrons. The number of hydrogen-bond acceptors (Lipinski definition) is 3. The monoisotopic (exact) mass is 434 g/mol. The number of rotatable bonds is 6. The fraction of sp³-hybridized carbons (Fsp3) is 0.136. The molecule has 0 amide bonds. The third kappa shape index (κ3) is 4.86. The average molecular weight is 435 g/mol. The summed E-state index contributed by atoms with van der Waals surface area (Å²) in [6, 6.07) is 7.37. The Morgan fingerprint density at radius 1 is 1.23 bits per heavy atom. The van der Waals surface area contributed by atoms with Gasteiger partial charge in [0.2, 0.25) is 0 Å². The Bertz CT molecular complexity index is 1120. The van der Waals surface area contributed by atoms with Gasteiger partial charge in [0.1, 0.15) is 11.5 Å². The minimum Gasteiger partial charge on any atom is -0.453 e. The van der Waals surface area contributed by atoms with E-state index in [2.05, 4.69) is 21.3 Å². The lowest BCUT2D eigenvalue weighted by molar-refractivity contribution is -0.274. The topological polar surface area (TPSA) is 51.1 Å². The van der Waals surface area contributed by atoms with Crippen molar-refractivity contribution in [1.82, 2.24) is 9.97 Å². The van der Waals surface area contributed by atoms with Crippen molar-refractivity contribution in [2.24, 2.45) is 0 Å². The summed E-state index contributed by atoms with van der Waals surface area (Å²) in [4.78, 5) is 7.76. The van der Waals surface area contributed by atoms with Gasteiger partial charge in [-0.3, -0.25) is 0 Å². The number of furan rings is 1. The summed E-state index contributed by atoms with van der Waals surface area (Å²) in [5.41, 5.74) is 2.90. The van der Waals surface area contributed by atoms with Gasteiger partial charge in [-0.2, -0.15) is 0 Å². The summed E-state index contributed by atoms with van der Waals surface area (Å²) in [5.74, 6) is 0.793. The second-order valence-electron chi connectivity index (χ2n) is 6.25. The van der Waals surface area contributed by atoms with E-state index in [-0.39, 0.29) is 5.02 Å². The highest BCUT2D eigenvalue weighted by atomic mass is 35.5. The maximum Gasteiger partial charge on any atom is 0.573 e. The number of H-pyrrole nitrogens is 1. The number of imidazole rings is 1. The molecule has 3 rings (SSSR count). The van der Waals surface area contributed by atoms with Gasteiger partial charge in [-0.05, 0) is 49.8 Å². The molecule has 0 spiro atoms. The number of benzene rings is 1. The third-order valence-corrected chi connectivity index (χ3v) is 4.47. The number of aromatic nitrogens is 2. The van der Waals surface area contributed by atoms with E-state index >= 15 is 0 Å². The smallest absolute Gasteiger partial charge is 0.453 e. The molecule has 156 valence electrons. The van der Waals surface area contributed by atoms with E-state index in [1.165, 1.54) is 12.1 Å². The van der Waals surface area contributed by atoms with Gasteiger partial charge in [-0.1, -0.05) is 42.5 Å². The number of alkyl halides is 3. The SMILES string of the molecule is C=C/C=C\C(=C/C)c1nc(-c2ccc(-c3ccc(Cl)c(OC(F)(F)F)c3)o2)[nH]c1C. The number of nitrogens with one attached hydrogen (secondary N) is 1. The van der Waals surface area contributed by atoms with Gasteiger partial charge >= 0.3 is 6.36 Å². The summed E-state index contributed by atoms with van der Waals surface area (Å²) in [6.07, 6.45) is 2.46. The van der Waals surface area contributed by atoms with Crippen LogP contribution in [0.4, 0.5) is 13.2 Å². The molecule has 0 saturated carbocycles. The molecule has 2 heterocycles. The zero-order chi connectivity index (χ0) is 21.9. The molecule has 0 saturated heterocycles. The van der Waals surface area contributed by atoms with Gasteiger partial charge in [-0.15, -0.1) is 13.2 Å². The zero-order valence-electron chi connectivity index (χ0n) is 16.2. The van der Waals surface area contributed by atoms with Crippen LogP contribution in [0.5, 0.6) is 5.75 Å². The molecule has 1 N–H and O–H groups in total. The van der Waals surface area contributed by atoms with Crippen LogP contribution in [0.15, 0.2) is 65.6 Å². The van der Waals surface area contributed by atoms with Gasteiger partial charge in [0, 0.05) is 11.3 Å². The van der Waals surface area contributed by atoms with Crippen molar-refractivity contribution < 1.29 is 22.3 Å². The van der Waals surface area contributed by atoms with Crippen LogP contribution >= 0.6 is 11.6 Å². The van der Waals surface area contributed by atoms with Crippen LogP contribution in [0.2, 0.25) is 5.02 Å². The Morgan fingerprint density at radius 2 is 1.97 bits per heavy atom. The van der Waals surface area contributed by atoms with Crippen molar-refractivity contribution in [2.75, 3.05) is 0 Å². The van der Waals surface area contributed by atoms with Crippen molar-refractivity contribution in [3.8, 4) is 28.7 Å². The number of hydrogen-bond donors (Lipinski definition) is 1. The predicted molar refractivity (Wildman–Crippen MR) is 111 cm³/mol. The first-order chi connectivity index (χ1) is 14.2. The molecule has 0 unspecified atom stereocenters. The highest BCUT2D eigenvalue weighted by Gasteiger charge is 2.32. The molecule has 0 fully saturated rings. The standard InChI is InChI=1S/C22H18ClF3N2O2/c1-4-6-7-14(5-2)20-13(3)27-21(28-20)18-11-10-17(29-18)15-8-9-16(23)19(12-15)30-22(24,25)26/h4-12H,1H2,2-3H3,(H,27,28)/b7-6-,14-5+. The van der Waals surface area contributed by atoms with E-state index in [1.807, 2.05) is 32.1 Å². The molecule has 0 bridgehead atoms. The number of aryl methyl sites for hydroxylation is 1. The third-order valence-electron chi connectivity index (χ3n) is 4.16. The van der Waals surface area contributed by atoms with Crippen LogP contribution in [-0.2, 0) is 0 Å². The molecule has 3 aromatic rings. The normalized spacial score (nSPS) is 12.5. The van der Waals surface area contributed by atoms with Crippen molar-refractivity contribution in [3.63, 3.8) is 0 Å². The second kappa shape index (κ2) is 8.67. The quantitative estimate of drug-likeness (QED) is 0.413. The minimum absolute atomic E-state index is 0.152. The first-order valence-corrected chi connectivity index (χ1v) is 9.28. The summed E-state index contributed by atoms with van der Waals surface area (Å²) >= 11 is 5.80. The van der Waals surface area contributed by atoms with E-state index in [0.29, 0.717) is 22.9 Å². The van der Waals surface area contributed by atoms with Crippen LogP contribution in [0, 0.1) is 6.92 Å². The van der Waals surface area contributed by atoms with Crippen molar-refractivity contribution >= 4 is 17.2 Å². The van der Waals surface area contributed by atoms with Crippen LogP contribution in [-0.4, -0.2) is 16.3 Å². The Labute approximate surface area is 176 Å². The molecule has 0 aliphatic carbocycles. The van der Waals surface area contributed by atoms with E-state index in [0.717, 1.165) is 17.0 Å². The Kier molecular flexibility index (Phi) is 6.22. The van der Waals surface area contributed by atoms with Crippen LogP contribution < -0.4 is 4.74 Å². The van der Waals surface area contributed by atoms with E-state index in [9.17, 15) is 13.2 Å². The maximum absolute atomic E-state index is 12.6. The van der Waals surface area contributed by atoms with E-state index in [1.54, 1.807) is 24.3 Å². The lowest BCUT2D eigenvalue weighted by Crippen LogP contribution is -2.17. The lowest BCUT2D eigenvalue weighted by atomic mass is 10.1. The molecule has 2 aromatic heterocycles. The van der Waals surface area contributed by atoms with Crippen molar-refractivity contribution in [1.29, 1.82) is 0 Å². The Hall–Kier alpha value is -3.19. The Balaban J connectivity index is 1.93. The van der Waals surface area contributed by atoms with Gasteiger partial charge < -0.3 is 14.1 Å². The summed E-state index contributed by atoms with van der Waals surface area (Å²) in [7, 11) is 0. The summed E-state index contributed by atoms with van der Waals surface area (Å²) < 4.78 is 47.5. The fourth-order valence-electron chi connectivity index (χ4n) is 2.82. The number of allylic oxidation sites excluding steroid dienone is 5. The highest BCUT2D eigenvalue weighted by Crippen LogP contribution is 2.36. The largest absolute Gasteiger partial charge is 0.573 e. The lowest BCUT2D eigenvalue weighted by Gasteiger charge is -2.11. The molecule has 8 heteroatoms. The van der Waals surface area contributed by atoms with Crippen LogP contribution in [0.3, 0.4) is 0 Å². The second-order valence-corrected chi connectivity index (χ2v) is 6.66. The average Bonchev–Trinajstić information content (AvgIpc) is 3.31. The minimum atomic E-state index is -4.84. The molecular weight excluding hydrogens is 417 g/mol. The summed E-state index contributed by atoms with van der Waals surface area (Å²) in [5, 5.41) is -0.152. The van der Waals surface area contributed by atoms with Crippen molar-refractivity contribution in [3.05, 3.63) is 77.6 Å². The van der Waals surface area contributed by atoms with Crippen LogP contribution in [0.25, 0.3) is 28.5 Å². The van der Waals surface area contributed by atoms with E-state index in [4.69, 9.17) is 16.0 Å². The first kappa shape index (κ1) is 21.5. The molecule has 0 atom stereocenters.